The molecule has 1 aliphatic carbocycles. The summed E-state index contributed by atoms with van der Waals surface area (Å²) in [5, 5.41) is 3.68. The zero-order chi connectivity index (χ0) is 13.1. The lowest BCUT2D eigenvalue weighted by Crippen LogP contribution is -2.45. The van der Waals surface area contributed by atoms with Crippen molar-refractivity contribution in [3.63, 3.8) is 0 Å². The standard InChI is InChI=1S/C16H25N3/c1-13(14-5-4-9-17-11-14)19(16-7-8-16)12-15-6-2-3-10-18-15/h4-5,9,11,13,15-16,18H,2-3,6-8,10,12H2,1H3. The molecular weight excluding hydrogens is 234 g/mol. The topological polar surface area (TPSA) is 28.2 Å². The Hall–Kier alpha value is -0.930. The molecular formula is C16H25N3. The number of pyridine rings is 1. The molecule has 1 N–H and O–H groups in total. The Bertz CT molecular complexity index is 382. The lowest BCUT2D eigenvalue weighted by Gasteiger charge is -2.34. The van der Waals surface area contributed by atoms with Crippen molar-refractivity contribution in [1.29, 1.82) is 0 Å². The van der Waals surface area contributed by atoms with Crippen LogP contribution >= 0.6 is 0 Å². The van der Waals surface area contributed by atoms with E-state index >= 15 is 0 Å². The maximum Gasteiger partial charge on any atom is 0.0338 e. The number of aromatic nitrogens is 1. The van der Waals surface area contributed by atoms with Gasteiger partial charge < -0.3 is 5.32 Å². The highest BCUT2D eigenvalue weighted by atomic mass is 15.2. The summed E-state index contributed by atoms with van der Waals surface area (Å²) in [7, 11) is 0. The second kappa shape index (κ2) is 6.02. The van der Waals surface area contributed by atoms with E-state index < -0.39 is 0 Å². The van der Waals surface area contributed by atoms with Gasteiger partial charge in [0.25, 0.3) is 0 Å². The van der Waals surface area contributed by atoms with Crippen molar-refractivity contribution in [2.75, 3.05) is 13.1 Å². The Morgan fingerprint density at radius 2 is 2.26 bits per heavy atom. The first-order valence-electron chi connectivity index (χ1n) is 7.73. The third-order valence-electron chi connectivity index (χ3n) is 4.52. The zero-order valence-corrected chi connectivity index (χ0v) is 11.9. The van der Waals surface area contributed by atoms with E-state index in [-0.39, 0.29) is 0 Å². The van der Waals surface area contributed by atoms with E-state index in [1.807, 2.05) is 12.4 Å². The van der Waals surface area contributed by atoms with Gasteiger partial charge in [-0.05, 0) is 50.8 Å². The Kier molecular flexibility index (Phi) is 4.14. The summed E-state index contributed by atoms with van der Waals surface area (Å²) in [6, 6.07) is 6.24. The lowest BCUT2D eigenvalue weighted by molar-refractivity contribution is 0.166. The highest BCUT2D eigenvalue weighted by Crippen LogP contribution is 2.34. The highest BCUT2D eigenvalue weighted by Gasteiger charge is 2.34. The molecule has 2 unspecified atom stereocenters. The molecule has 1 saturated heterocycles. The molecule has 1 aromatic rings. The molecule has 0 amide bonds. The molecule has 1 saturated carbocycles. The quantitative estimate of drug-likeness (QED) is 0.881. The van der Waals surface area contributed by atoms with Crippen LogP contribution in [0.15, 0.2) is 24.5 Å². The van der Waals surface area contributed by atoms with Gasteiger partial charge in [0.15, 0.2) is 0 Å². The maximum atomic E-state index is 4.27. The summed E-state index contributed by atoms with van der Waals surface area (Å²) in [6.45, 7) is 4.73. The number of nitrogens with zero attached hydrogens (tertiary/aromatic N) is 2. The van der Waals surface area contributed by atoms with E-state index in [2.05, 4.69) is 34.3 Å². The SMILES string of the molecule is CC(c1cccnc1)N(CC1CCCCN1)C1CC1. The minimum atomic E-state index is 0.491. The molecule has 3 heteroatoms. The van der Waals surface area contributed by atoms with Gasteiger partial charge in [-0.1, -0.05) is 12.5 Å². The van der Waals surface area contributed by atoms with Gasteiger partial charge in [-0.25, -0.2) is 0 Å². The monoisotopic (exact) mass is 259 g/mol. The van der Waals surface area contributed by atoms with Gasteiger partial charge in [0.2, 0.25) is 0 Å². The van der Waals surface area contributed by atoms with Crippen molar-refractivity contribution in [3.8, 4) is 0 Å². The molecule has 3 rings (SSSR count). The van der Waals surface area contributed by atoms with E-state index in [0.717, 1.165) is 6.04 Å². The molecule has 0 spiro atoms. The summed E-state index contributed by atoms with van der Waals surface area (Å²) in [5.41, 5.74) is 1.35. The van der Waals surface area contributed by atoms with Crippen LogP contribution in [0.25, 0.3) is 0 Å². The lowest BCUT2D eigenvalue weighted by atomic mass is 10.0. The van der Waals surface area contributed by atoms with Crippen LogP contribution in [0.5, 0.6) is 0 Å². The Morgan fingerprint density at radius 3 is 2.89 bits per heavy atom. The first-order valence-corrected chi connectivity index (χ1v) is 7.73. The fourth-order valence-corrected chi connectivity index (χ4v) is 3.18. The van der Waals surface area contributed by atoms with Gasteiger partial charge in [0.1, 0.15) is 0 Å². The van der Waals surface area contributed by atoms with E-state index in [1.54, 1.807) is 0 Å². The Balaban J connectivity index is 1.66. The van der Waals surface area contributed by atoms with Crippen molar-refractivity contribution in [3.05, 3.63) is 30.1 Å². The third-order valence-corrected chi connectivity index (χ3v) is 4.52. The first-order chi connectivity index (χ1) is 9.34. The second-order valence-corrected chi connectivity index (χ2v) is 6.04. The minimum Gasteiger partial charge on any atom is -0.313 e. The molecule has 1 aliphatic heterocycles. The third kappa shape index (κ3) is 3.34. The van der Waals surface area contributed by atoms with Crippen LogP contribution in [-0.4, -0.2) is 35.1 Å². The van der Waals surface area contributed by atoms with Gasteiger partial charge in [-0.2, -0.15) is 0 Å². The summed E-state index contributed by atoms with van der Waals surface area (Å²) in [4.78, 5) is 6.97. The van der Waals surface area contributed by atoms with E-state index in [9.17, 15) is 0 Å². The molecule has 0 aromatic carbocycles. The molecule has 3 nitrogen and oxygen atoms in total. The first kappa shape index (κ1) is 13.1. The van der Waals surface area contributed by atoms with E-state index in [0.29, 0.717) is 12.1 Å². The summed E-state index contributed by atoms with van der Waals surface area (Å²) < 4.78 is 0. The second-order valence-electron chi connectivity index (χ2n) is 6.04. The molecule has 2 atom stereocenters. The van der Waals surface area contributed by atoms with Crippen LogP contribution in [0.3, 0.4) is 0 Å². The normalized spacial score (nSPS) is 25.5. The predicted molar refractivity (Wildman–Crippen MR) is 78.0 cm³/mol. The minimum absolute atomic E-state index is 0.491. The molecule has 1 aromatic heterocycles. The molecule has 2 fully saturated rings. The van der Waals surface area contributed by atoms with Crippen LogP contribution in [0.2, 0.25) is 0 Å². The molecule has 2 heterocycles. The van der Waals surface area contributed by atoms with Crippen LogP contribution in [-0.2, 0) is 0 Å². The number of rotatable bonds is 5. The molecule has 0 radical (unpaired) electrons. The van der Waals surface area contributed by atoms with Gasteiger partial charge >= 0.3 is 0 Å². The van der Waals surface area contributed by atoms with Gasteiger partial charge in [-0.3, -0.25) is 9.88 Å². The fourth-order valence-electron chi connectivity index (χ4n) is 3.18. The van der Waals surface area contributed by atoms with E-state index in [1.165, 1.54) is 50.8 Å². The van der Waals surface area contributed by atoms with Crippen LogP contribution in [0.4, 0.5) is 0 Å². The van der Waals surface area contributed by atoms with Crippen molar-refractivity contribution in [2.45, 2.75) is 57.2 Å². The maximum absolute atomic E-state index is 4.27. The van der Waals surface area contributed by atoms with Crippen molar-refractivity contribution in [1.82, 2.24) is 15.2 Å². The smallest absolute Gasteiger partial charge is 0.0338 e. The molecule has 104 valence electrons. The fraction of sp³-hybridized carbons (Fsp3) is 0.688. The highest BCUT2D eigenvalue weighted by molar-refractivity contribution is 5.14. The molecule has 2 aliphatic rings. The number of hydrogen-bond acceptors (Lipinski definition) is 3. The Labute approximate surface area is 116 Å². The summed E-state index contributed by atoms with van der Waals surface area (Å²) in [5.74, 6) is 0. The Morgan fingerprint density at radius 1 is 1.37 bits per heavy atom. The zero-order valence-electron chi connectivity index (χ0n) is 11.9. The number of piperidine rings is 1. The van der Waals surface area contributed by atoms with Crippen molar-refractivity contribution >= 4 is 0 Å². The average Bonchev–Trinajstić information content (AvgIpc) is 3.31. The van der Waals surface area contributed by atoms with Crippen molar-refractivity contribution < 1.29 is 0 Å². The van der Waals surface area contributed by atoms with Crippen LogP contribution in [0, 0.1) is 0 Å². The van der Waals surface area contributed by atoms with Crippen LogP contribution < -0.4 is 5.32 Å². The largest absolute Gasteiger partial charge is 0.313 e. The van der Waals surface area contributed by atoms with Gasteiger partial charge in [-0.15, -0.1) is 0 Å². The molecule has 19 heavy (non-hydrogen) atoms. The van der Waals surface area contributed by atoms with Crippen LogP contribution in [0.1, 0.15) is 50.6 Å². The summed E-state index contributed by atoms with van der Waals surface area (Å²) >= 11 is 0. The van der Waals surface area contributed by atoms with Gasteiger partial charge in [0, 0.05) is 37.1 Å². The van der Waals surface area contributed by atoms with Crippen molar-refractivity contribution in [2.24, 2.45) is 0 Å². The number of nitrogens with one attached hydrogen (secondary N) is 1. The van der Waals surface area contributed by atoms with Gasteiger partial charge in [0.05, 0.1) is 0 Å². The summed E-state index contributed by atoms with van der Waals surface area (Å²) in [6.07, 6.45) is 10.7. The average molecular weight is 259 g/mol. The molecule has 0 bridgehead atoms. The van der Waals surface area contributed by atoms with E-state index in [4.69, 9.17) is 0 Å². The predicted octanol–water partition coefficient (Wildman–Crippen LogP) is 2.75. The number of hydrogen-bond donors (Lipinski definition) is 1.